The van der Waals surface area contributed by atoms with E-state index in [0.29, 0.717) is 11.6 Å². The second-order valence-corrected chi connectivity index (χ2v) is 2.79. The van der Waals surface area contributed by atoms with Gasteiger partial charge in [0.05, 0.1) is 5.88 Å². The van der Waals surface area contributed by atoms with E-state index in [0.717, 1.165) is 11.1 Å². The summed E-state index contributed by atoms with van der Waals surface area (Å²) in [5.74, 6) is 5.98. The zero-order chi connectivity index (χ0) is 8.97. The Hall–Kier alpha value is -1.13. The Morgan fingerprint density at radius 3 is 2.83 bits per heavy atom. The van der Waals surface area contributed by atoms with Crippen LogP contribution < -0.4 is 5.73 Å². The van der Waals surface area contributed by atoms with Gasteiger partial charge in [-0.3, -0.25) is 0 Å². The molecule has 1 aromatic carbocycles. The second-order valence-electron chi connectivity index (χ2n) is 2.53. The first-order chi connectivity index (χ1) is 5.74. The maximum absolute atomic E-state index is 5.72. The van der Waals surface area contributed by atoms with Gasteiger partial charge in [-0.15, -0.1) is 11.6 Å². The van der Waals surface area contributed by atoms with Crippen molar-refractivity contribution in [2.75, 3.05) is 11.6 Å². The topological polar surface area (TPSA) is 26.0 Å². The SMILES string of the molecule is Cc1ccc(C#CCCl)c(N)c1. The molecule has 2 heteroatoms. The number of alkyl halides is 1. The molecule has 0 aliphatic rings. The van der Waals surface area contributed by atoms with E-state index in [9.17, 15) is 0 Å². The van der Waals surface area contributed by atoms with Gasteiger partial charge < -0.3 is 5.73 Å². The number of aryl methyl sites for hydroxylation is 1. The molecule has 2 N–H and O–H groups in total. The van der Waals surface area contributed by atoms with Crippen molar-refractivity contribution in [3.63, 3.8) is 0 Å². The molecule has 0 heterocycles. The third-order valence-electron chi connectivity index (χ3n) is 1.50. The van der Waals surface area contributed by atoms with E-state index in [4.69, 9.17) is 17.3 Å². The number of nitrogen functional groups attached to an aromatic ring is 1. The summed E-state index contributed by atoms with van der Waals surface area (Å²) in [6.07, 6.45) is 0. The van der Waals surface area contributed by atoms with Gasteiger partial charge in [0.15, 0.2) is 0 Å². The maximum atomic E-state index is 5.72. The normalized spacial score (nSPS) is 8.83. The fourth-order valence-electron chi connectivity index (χ4n) is 0.925. The van der Waals surface area contributed by atoms with Crippen LogP contribution in [0.1, 0.15) is 11.1 Å². The minimum Gasteiger partial charge on any atom is -0.398 e. The Labute approximate surface area is 77.5 Å². The average Bonchev–Trinajstić information content (AvgIpc) is 2.03. The molecule has 0 saturated carbocycles. The smallest absolute Gasteiger partial charge is 0.0839 e. The van der Waals surface area contributed by atoms with Gasteiger partial charge in [0, 0.05) is 11.3 Å². The first kappa shape index (κ1) is 8.96. The van der Waals surface area contributed by atoms with Crippen LogP contribution in [0.5, 0.6) is 0 Å². The van der Waals surface area contributed by atoms with Crippen molar-refractivity contribution in [1.29, 1.82) is 0 Å². The van der Waals surface area contributed by atoms with Crippen molar-refractivity contribution >= 4 is 17.3 Å². The summed E-state index contributed by atoms with van der Waals surface area (Å²) >= 11 is 5.42. The van der Waals surface area contributed by atoms with Gasteiger partial charge >= 0.3 is 0 Å². The summed E-state index contributed by atoms with van der Waals surface area (Å²) in [4.78, 5) is 0. The highest BCUT2D eigenvalue weighted by Crippen LogP contribution is 2.11. The molecule has 1 rings (SSSR count). The summed E-state index contributed by atoms with van der Waals surface area (Å²) in [6, 6.07) is 5.79. The quantitative estimate of drug-likeness (QED) is 0.369. The molecular formula is C10H10ClN. The minimum atomic E-state index is 0.341. The summed E-state index contributed by atoms with van der Waals surface area (Å²) in [5.41, 5.74) is 8.42. The summed E-state index contributed by atoms with van der Waals surface area (Å²) < 4.78 is 0. The fourth-order valence-corrected chi connectivity index (χ4v) is 0.991. The van der Waals surface area contributed by atoms with E-state index in [1.165, 1.54) is 0 Å². The Balaban J connectivity index is 3.01. The maximum Gasteiger partial charge on any atom is 0.0839 e. The van der Waals surface area contributed by atoms with E-state index in [-0.39, 0.29) is 0 Å². The molecule has 0 aliphatic carbocycles. The van der Waals surface area contributed by atoms with Crippen molar-refractivity contribution in [1.82, 2.24) is 0 Å². The molecule has 0 fully saturated rings. The molecule has 0 aromatic heterocycles. The van der Waals surface area contributed by atoms with Crippen LogP contribution in [-0.2, 0) is 0 Å². The van der Waals surface area contributed by atoms with Crippen LogP contribution in [0.2, 0.25) is 0 Å². The molecule has 1 nitrogen and oxygen atoms in total. The highest BCUT2D eigenvalue weighted by atomic mass is 35.5. The molecule has 62 valence electrons. The molecule has 0 atom stereocenters. The number of hydrogen-bond donors (Lipinski definition) is 1. The van der Waals surface area contributed by atoms with Gasteiger partial charge in [-0.05, 0) is 24.6 Å². The van der Waals surface area contributed by atoms with Crippen LogP contribution in [0, 0.1) is 18.8 Å². The molecule has 0 aliphatic heterocycles. The number of benzene rings is 1. The van der Waals surface area contributed by atoms with Crippen LogP contribution in [0.15, 0.2) is 18.2 Å². The van der Waals surface area contributed by atoms with Crippen LogP contribution >= 0.6 is 11.6 Å². The van der Waals surface area contributed by atoms with Crippen molar-refractivity contribution in [2.24, 2.45) is 0 Å². The van der Waals surface area contributed by atoms with Gasteiger partial charge in [-0.25, -0.2) is 0 Å². The van der Waals surface area contributed by atoms with E-state index >= 15 is 0 Å². The summed E-state index contributed by atoms with van der Waals surface area (Å²) in [6.45, 7) is 2.00. The molecule has 0 unspecified atom stereocenters. The van der Waals surface area contributed by atoms with E-state index in [1.807, 2.05) is 25.1 Å². The highest BCUT2D eigenvalue weighted by molar-refractivity contribution is 6.19. The van der Waals surface area contributed by atoms with Gasteiger partial charge in [-0.1, -0.05) is 17.9 Å². The second kappa shape index (κ2) is 4.04. The third kappa shape index (κ3) is 2.18. The molecular weight excluding hydrogens is 170 g/mol. The monoisotopic (exact) mass is 179 g/mol. The zero-order valence-electron chi connectivity index (χ0n) is 6.89. The number of anilines is 1. The first-order valence-electron chi connectivity index (χ1n) is 3.65. The van der Waals surface area contributed by atoms with E-state index in [1.54, 1.807) is 0 Å². The largest absolute Gasteiger partial charge is 0.398 e. The van der Waals surface area contributed by atoms with Crippen molar-refractivity contribution < 1.29 is 0 Å². The third-order valence-corrected chi connectivity index (χ3v) is 1.63. The fraction of sp³-hybridized carbons (Fsp3) is 0.200. The Morgan fingerprint density at radius 1 is 1.50 bits per heavy atom. The molecule has 0 bridgehead atoms. The molecule has 0 radical (unpaired) electrons. The molecule has 0 spiro atoms. The van der Waals surface area contributed by atoms with Crippen molar-refractivity contribution in [3.05, 3.63) is 29.3 Å². The number of nitrogens with two attached hydrogens (primary N) is 1. The van der Waals surface area contributed by atoms with Gasteiger partial charge in [0.1, 0.15) is 0 Å². The predicted molar refractivity (Wildman–Crippen MR) is 53.2 cm³/mol. The molecule has 1 aromatic rings. The van der Waals surface area contributed by atoms with Crippen molar-refractivity contribution in [3.8, 4) is 11.8 Å². The molecule has 0 amide bonds. The van der Waals surface area contributed by atoms with Gasteiger partial charge in [0.2, 0.25) is 0 Å². The summed E-state index contributed by atoms with van der Waals surface area (Å²) in [5, 5.41) is 0. The number of rotatable bonds is 0. The lowest BCUT2D eigenvalue weighted by atomic mass is 10.1. The summed E-state index contributed by atoms with van der Waals surface area (Å²) in [7, 11) is 0. The minimum absolute atomic E-state index is 0.341. The van der Waals surface area contributed by atoms with Crippen LogP contribution in [-0.4, -0.2) is 5.88 Å². The first-order valence-corrected chi connectivity index (χ1v) is 4.18. The highest BCUT2D eigenvalue weighted by Gasteiger charge is 1.93. The Bertz CT molecular complexity index is 333. The standard InChI is InChI=1S/C10H10ClN/c1-8-4-5-9(3-2-6-11)10(12)7-8/h4-5,7H,6,12H2,1H3. The van der Waals surface area contributed by atoms with Crippen LogP contribution in [0.25, 0.3) is 0 Å². The predicted octanol–water partition coefficient (Wildman–Crippen LogP) is 2.17. The zero-order valence-corrected chi connectivity index (χ0v) is 7.65. The van der Waals surface area contributed by atoms with Gasteiger partial charge in [-0.2, -0.15) is 0 Å². The lowest BCUT2D eigenvalue weighted by Gasteiger charge is -1.98. The average molecular weight is 180 g/mol. The lowest BCUT2D eigenvalue weighted by Crippen LogP contribution is -1.90. The van der Waals surface area contributed by atoms with E-state index < -0.39 is 0 Å². The Morgan fingerprint density at radius 2 is 2.25 bits per heavy atom. The number of hydrogen-bond acceptors (Lipinski definition) is 1. The Kier molecular flexibility index (Phi) is 3.01. The molecule has 12 heavy (non-hydrogen) atoms. The molecule has 0 saturated heterocycles. The number of halogens is 1. The van der Waals surface area contributed by atoms with Crippen LogP contribution in [0.4, 0.5) is 5.69 Å². The van der Waals surface area contributed by atoms with Crippen LogP contribution in [0.3, 0.4) is 0 Å². The van der Waals surface area contributed by atoms with Gasteiger partial charge in [0.25, 0.3) is 0 Å². The van der Waals surface area contributed by atoms with Crippen molar-refractivity contribution in [2.45, 2.75) is 6.92 Å². The lowest BCUT2D eigenvalue weighted by molar-refractivity contribution is 1.46. The van der Waals surface area contributed by atoms with E-state index in [2.05, 4.69) is 11.8 Å².